The number of nitrogens with zero attached hydrogens (tertiary/aromatic N) is 1. The summed E-state index contributed by atoms with van der Waals surface area (Å²) < 4.78 is 18.7. The highest BCUT2D eigenvalue weighted by molar-refractivity contribution is 6.04. The van der Waals surface area contributed by atoms with Crippen molar-refractivity contribution in [3.63, 3.8) is 0 Å². The predicted molar refractivity (Wildman–Crippen MR) is 83.2 cm³/mol. The quantitative estimate of drug-likeness (QED) is 0.649. The number of halogens is 1. The summed E-state index contributed by atoms with van der Waals surface area (Å²) in [6.45, 7) is 2.51. The van der Waals surface area contributed by atoms with E-state index in [9.17, 15) is 19.3 Å². The van der Waals surface area contributed by atoms with Crippen LogP contribution in [0.2, 0.25) is 0 Å². The van der Waals surface area contributed by atoms with Gasteiger partial charge in [0.1, 0.15) is 5.75 Å². The molecule has 0 aliphatic rings. The van der Waals surface area contributed by atoms with Crippen LogP contribution < -0.4 is 10.1 Å². The smallest absolute Gasteiger partial charge is 0.306 e. The van der Waals surface area contributed by atoms with Gasteiger partial charge in [-0.1, -0.05) is 13.0 Å². The van der Waals surface area contributed by atoms with Crippen molar-refractivity contribution >= 4 is 17.3 Å². The average Bonchev–Trinajstić information content (AvgIpc) is 2.54. The number of nitrogens with one attached hydrogen (secondary N) is 1. The Kier molecular flexibility index (Phi) is 5.24. The Morgan fingerprint density at radius 3 is 2.78 bits per heavy atom. The summed E-state index contributed by atoms with van der Waals surface area (Å²) in [5.41, 5.74) is -0.212. The van der Waals surface area contributed by atoms with Gasteiger partial charge in [0.15, 0.2) is 0 Å². The lowest BCUT2D eigenvalue weighted by Gasteiger charge is -2.08. The highest BCUT2D eigenvalue weighted by atomic mass is 19.1. The molecule has 0 aromatic heterocycles. The monoisotopic (exact) mass is 318 g/mol. The number of nitro benzene ring substituents is 1. The Bertz CT molecular complexity index is 734. The van der Waals surface area contributed by atoms with Gasteiger partial charge in [0.2, 0.25) is 5.82 Å². The van der Waals surface area contributed by atoms with Crippen molar-refractivity contribution in [1.29, 1.82) is 0 Å². The molecule has 6 nitrogen and oxygen atoms in total. The van der Waals surface area contributed by atoms with Gasteiger partial charge in [-0.25, -0.2) is 0 Å². The van der Waals surface area contributed by atoms with Crippen LogP contribution in [0, 0.1) is 15.9 Å². The fourth-order valence-electron chi connectivity index (χ4n) is 1.88. The molecule has 0 saturated heterocycles. The molecular weight excluding hydrogens is 303 g/mol. The molecule has 7 heteroatoms. The van der Waals surface area contributed by atoms with Crippen LogP contribution in [0.15, 0.2) is 42.5 Å². The maximum Gasteiger partial charge on any atom is 0.306 e. The number of carbonyl (C=O) groups excluding carboxylic acids is 1. The van der Waals surface area contributed by atoms with Crippen LogP contribution in [0.4, 0.5) is 15.8 Å². The van der Waals surface area contributed by atoms with Crippen molar-refractivity contribution in [3.8, 4) is 5.75 Å². The van der Waals surface area contributed by atoms with Crippen molar-refractivity contribution in [1.82, 2.24) is 0 Å². The molecule has 0 unspecified atom stereocenters. The molecule has 0 bridgehead atoms. The third-order valence-corrected chi connectivity index (χ3v) is 2.97. The second-order valence-corrected chi connectivity index (χ2v) is 4.75. The Balaban J connectivity index is 2.16. The predicted octanol–water partition coefficient (Wildman–Crippen LogP) is 3.78. The fourth-order valence-corrected chi connectivity index (χ4v) is 1.88. The number of nitro groups is 1. The van der Waals surface area contributed by atoms with E-state index in [4.69, 9.17) is 4.74 Å². The first kappa shape index (κ1) is 16.4. The highest BCUT2D eigenvalue weighted by Gasteiger charge is 2.16. The van der Waals surface area contributed by atoms with Crippen LogP contribution >= 0.6 is 0 Å². The second kappa shape index (κ2) is 7.35. The van der Waals surface area contributed by atoms with Crippen LogP contribution in [0.25, 0.3) is 0 Å². The molecule has 2 rings (SSSR count). The molecule has 0 aliphatic carbocycles. The van der Waals surface area contributed by atoms with Gasteiger partial charge in [0.05, 0.1) is 11.5 Å². The lowest BCUT2D eigenvalue weighted by Crippen LogP contribution is -2.12. The molecule has 2 aromatic rings. The van der Waals surface area contributed by atoms with E-state index in [1.165, 1.54) is 6.07 Å². The van der Waals surface area contributed by atoms with Crippen molar-refractivity contribution in [2.75, 3.05) is 11.9 Å². The zero-order valence-electron chi connectivity index (χ0n) is 12.4. The zero-order chi connectivity index (χ0) is 16.8. The Morgan fingerprint density at radius 1 is 1.30 bits per heavy atom. The van der Waals surface area contributed by atoms with Gasteiger partial charge in [-0.15, -0.1) is 0 Å². The molecular formula is C16H15FN2O4. The molecule has 0 radical (unpaired) electrons. The van der Waals surface area contributed by atoms with E-state index in [1.807, 2.05) is 6.92 Å². The summed E-state index contributed by atoms with van der Waals surface area (Å²) in [6.07, 6.45) is 0.843. The minimum atomic E-state index is -0.956. The van der Waals surface area contributed by atoms with E-state index in [1.54, 1.807) is 24.3 Å². The number of hydrogen-bond donors (Lipinski definition) is 1. The summed E-state index contributed by atoms with van der Waals surface area (Å²) in [4.78, 5) is 22.0. The summed E-state index contributed by atoms with van der Waals surface area (Å²) in [6, 6.07) is 9.74. The maximum atomic E-state index is 13.3. The Hall–Kier alpha value is -2.96. The summed E-state index contributed by atoms with van der Waals surface area (Å²) in [5.74, 6) is -0.861. The first-order valence-corrected chi connectivity index (χ1v) is 6.99. The standard InChI is InChI=1S/C16H15FN2O4/c1-2-8-23-13-5-3-4-11(9-13)16(20)18-12-6-7-14(17)15(10-12)19(21)22/h3-7,9-10H,2,8H2,1H3,(H,18,20). The molecule has 0 spiro atoms. The van der Waals surface area contributed by atoms with E-state index >= 15 is 0 Å². The van der Waals surface area contributed by atoms with Crippen LogP contribution in [0.3, 0.4) is 0 Å². The van der Waals surface area contributed by atoms with Gasteiger partial charge in [-0.3, -0.25) is 14.9 Å². The number of hydrogen-bond acceptors (Lipinski definition) is 4. The summed E-state index contributed by atoms with van der Waals surface area (Å²) in [5, 5.41) is 13.2. The summed E-state index contributed by atoms with van der Waals surface area (Å²) in [7, 11) is 0. The third-order valence-electron chi connectivity index (χ3n) is 2.97. The number of anilines is 1. The van der Waals surface area contributed by atoms with E-state index in [2.05, 4.69) is 5.32 Å². The zero-order valence-corrected chi connectivity index (χ0v) is 12.4. The number of ether oxygens (including phenoxy) is 1. The Labute approximate surface area is 132 Å². The highest BCUT2D eigenvalue weighted by Crippen LogP contribution is 2.22. The molecule has 120 valence electrons. The molecule has 0 saturated carbocycles. The molecule has 2 aromatic carbocycles. The van der Waals surface area contributed by atoms with Crippen LogP contribution in [-0.4, -0.2) is 17.4 Å². The van der Waals surface area contributed by atoms with Crippen LogP contribution in [0.1, 0.15) is 23.7 Å². The minimum Gasteiger partial charge on any atom is -0.494 e. The average molecular weight is 318 g/mol. The third kappa shape index (κ3) is 4.26. The lowest BCUT2D eigenvalue weighted by atomic mass is 10.2. The van der Waals surface area contributed by atoms with Gasteiger partial charge >= 0.3 is 5.69 Å². The van der Waals surface area contributed by atoms with Gasteiger partial charge < -0.3 is 10.1 Å². The van der Waals surface area contributed by atoms with Crippen molar-refractivity contribution in [2.24, 2.45) is 0 Å². The SMILES string of the molecule is CCCOc1cccc(C(=O)Nc2ccc(F)c([N+](=O)[O-])c2)c1. The number of amides is 1. The normalized spacial score (nSPS) is 10.2. The van der Waals surface area contributed by atoms with Crippen molar-refractivity contribution in [2.45, 2.75) is 13.3 Å². The lowest BCUT2D eigenvalue weighted by molar-refractivity contribution is -0.387. The van der Waals surface area contributed by atoms with E-state index < -0.39 is 22.3 Å². The fraction of sp³-hybridized carbons (Fsp3) is 0.188. The van der Waals surface area contributed by atoms with Gasteiger partial charge in [0, 0.05) is 17.3 Å². The van der Waals surface area contributed by atoms with Crippen molar-refractivity contribution < 1.29 is 18.8 Å². The first-order valence-electron chi connectivity index (χ1n) is 6.99. The maximum absolute atomic E-state index is 13.3. The molecule has 0 fully saturated rings. The second-order valence-electron chi connectivity index (χ2n) is 4.75. The topological polar surface area (TPSA) is 81.5 Å². The molecule has 1 amide bonds. The molecule has 0 heterocycles. The molecule has 0 aliphatic heterocycles. The van der Waals surface area contributed by atoms with Crippen LogP contribution in [-0.2, 0) is 0 Å². The van der Waals surface area contributed by atoms with Crippen molar-refractivity contribution in [3.05, 3.63) is 64.0 Å². The number of carbonyl (C=O) groups is 1. The van der Waals surface area contributed by atoms with Crippen LogP contribution in [0.5, 0.6) is 5.75 Å². The first-order chi connectivity index (χ1) is 11.0. The largest absolute Gasteiger partial charge is 0.494 e. The summed E-state index contributed by atoms with van der Waals surface area (Å²) >= 11 is 0. The van der Waals surface area contributed by atoms with Gasteiger partial charge in [-0.2, -0.15) is 4.39 Å². The van der Waals surface area contributed by atoms with Gasteiger partial charge in [-0.05, 0) is 36.8 Å². The molecule has 0 atom stereocenters. The minimum absolute atomic E-state index is 0.142. The molecule has 23 heavy (non-hydrogen) atoms. The molecule has 1 N–H and O–H groups in total. The van der Waals surface area contributed by atoms with Gasteiger partial charge in [0.25, 0.3) is 5.91 Å². The van der Waals surface area contributed by atoms with E-state index in [0.717, 1.165) is 18.6 Å². The number of rotatable bonds is 6. The van der Waals surface area contributed by atoms with E-state index in [-0.39, 0.29) is 5.69 Å². The Morgan fingerprint density at radius 2 is 2.09 bits per heavy atom. The van der Waals surface area contributed by atoms with E-state index in [0.29, 0.717) is 17.9 Å². The number of benzene rings is 2.